The van der Waals surface area contributed by atoms with E-state index in [9.17, 15) is 9.59 Å². The van der Waals surface area contributed by atoms with Crippen molar-refractivity contribution in [1.29, 1.82) is 0 Å². The minimum Gasteiger partial charge on any atom is -0.477 e. The molecular formula is C12H10N2O3S. The van der Waals surface area contributed by atoms with Crippen LogP contribution in [0.5, 0.6) is 0 Å². The van der Waals surface area contributed by atoms with E-state index in [1.54, 1.807) is 31.3 Å². The van der Waals surface area contributed by atoms with E-state index in [1.165, 1.54) is 6.07 Å². The minimum atomic E-state index is -1.01. The first-order valence-corrected chi connectivity index (χ1v) is 5.95. The number of rotatable bonds is 3. The minimum absolute atomic E-state index is 0.183. The normalized spacial score (nSPS) is 10.1. The summed E-state index contributed by atoms with van der Waals surface area (Å²) in [4.78, 5) is 26.8. The summed E-state index contributed by atoms with van der Waals surface area (Å²) in [6, 6.07) is 6.55. The second kappa shape index (κ2) is 4.97. The number of nitrogens with one attached hydrogen (secondary N) is 1. The molecule has 0 aromatic carbocycles. The molecule has 5 nitrogen and oxygen atoms in total. The predicted molar refractivity (Wildman–Crippen MR) is 68.2 cm³/mol. The van der Waals surface area contributed by atoms with Gasteiger partial charge in [0.05, 0.1) is 5.00 Å². The quantitative estimate of drug-likeness (QED) is 0.890. The van der Waals surface area contributed by atoms with E-state index in [0.717, 1.165) is 16.9 Å². The molecule has 0 saturated carbocycles. The molecule has 0 spiro atoms. The fourth-order valence-electron chi connectivity index (χ4n) is 1.41. The van der Waals surface area contributed by atoms with Crippen LogP contribution >= 0.6 is 11.3 Å². The summed E-state index contributed by atoms with van der Waals surface area (Å²) in [5.41, 5.74) is 1.10. The highest BCUT2D eigenvalue weighted by Gasteiger charge is 2.13. The molecule has 2 aromatic rings. The summed E-state index contributed by atoms with van der Waals surface area (Å²) in [6.45, 7) is 1.79. The number of anilines is 1. The van der Waals surface area contributed by atoms with E-state index in [2.05, 4.69) is 10.3 Å². The molecule has 0 fully saturated rings. The van der Waals surface area contributed by atoms with E-state index in [4.69, 9.17) is 5.11 Å². The lowest BCUT2D eigenvalue weighted by Gasteiger charge is -2.03. The van der Waals surface area contributed by atoms with E-state index < -0.39 is 5.97 Å². The number of thiophene rings is 1. The number of aryl methyl sites for hydroxylation is 1. The van der Waals surface area contributed by atoms with Crippen molar-refractivity contribution in [1.82, 2.24) is 4.98 Å². The van der Waals surface area contributed by atoms with Gasteiger partial charge in [-0.3, -0.25) is 9.78 Å². The first kappa shape index (κ1) is 12.3. The molecule has 92 valence electrons. The molecule has 0 aliphatic heterocycles. The molecule has 0 aliphatic carbocycles. The van der Waals surface area contributed by atoms with Crippen molar-refractivity contribution in [3.8, 4) is 0 Å². The highest BCUT2D eigenvalue weighted by atomic mass is 32.1. The Morgan fingerprint density at radius 2 is 2.11 bits per heavy atom. The van der Waals surface area contributed by atoms with Crippen LogP contribution in [-0.4, -0.2) is 22.0 Å². The SMILES string of the molecule is Cc1cccnc1C(=O)Nc1ccc(C(=O)O)s1. The highest BCUT2D eigenvalue weighted by Crippen LogP contribution is 2.22. The Hall–Kier alpha value is -2.21. The second-order valence-corrected chi connectivity index (χ2v) is 4.68. The van der Waals surface area contributed by atoms with Crippen LogP contribution in [-0.2, 0) is 0 Å². The molecule has 2 heterocycles. The van der Waals surface area contributed by atoms with Crippen LogP contribution in [0.4, 0.5) is 5.00 Å². The summed E-state index contributed by atoms with van der Waals surface area (Å²) in [6.07, 6.45) is 1.54. The van der Waals surface area contributed by atoms with Crippen LogP contribution in [0.3, 0.4) is 0 Å². The molecule has 18 heavy (non-hydrogen) atoms. The van der Waals surface area contributed by atoms with Gasteiger partial charge in [0.15, 0.2) is 0 Å². The molecule has 2 rings (SSSR count). The van der Waals surface area contributed by atoms with Crippen molar-refractivity contribution in [3.63, 3.8) is 0 Å². The van der Waals surface area contributed by atoms with Gasteiger partial charge in [-0.05, 0) is 30.7 Å². The van der Waals surface area contributed by atoms with Gasteiger partial charge < -0.3 is 10.4 Å². The molecule has 0 bridgehead atoms. The number of carbonyl (C=O) groups is 2. The number of carbonyl (C=O) groups excluding carboxylic acids is 1. The average Bonchev–Trinajstić information content (AvgIpc) is 2.78. The molecule has 0 atom stereocenters. The first-order valence-electron chi connectivity index (χ1n) is 5.14. The van der Waals surface area contributed by atoms with Crippen LogP contribution < -0.4 is 5.32 Å². The summed E-state index contributed by atoms with van der Waals surface area (Å²) in [5.74, 6) is -1.35. The van der Waals surface area contributed by atoms with Crippen LogP contribution in [0, 0.1) is 6.92 Å². The molecular weight excluding hydrogens is 252 g/mol. The fourth-order valence-corrected chi connectivity index (χ4v) is 2.15. The van der Waals surface area contributed by atoms with Crippen molar-refractivity contribution in [2.24, 2.45) is 0 Å². The summed E-state index contributed by atoms with van der Waals surface area (Å²) < 4.78 is 0. The molecule has 0 aliphatic rings. The van der Waals surface area contributed by atoms with Crippen LogP contribution in [0.1, 0.15) is 25.7 Å². The second-order valence-electron chi connectivity index (χ2n) is 3.59. The smallest absolute Gasteiger partial charge is 0.345 e. The number of hydrogen-bond acceptors (Lipinski definition) is 4. The van der Waals surface area contributed by atoms with E-state index in [1.807, 2.05) is 0 Å². The number of pyridine rings is 1. The number of carboxylic acid groups (broad SMARTS) is 1. The molecule has 0 radical (unpaired) electrons. The van der Waals surface area contributed by atoms with Crippen molar-refractivity contribution >= 4 is 28.2 Å². The van der Waals surface area contributed by atoms with Gasteiger partial charge in [0.2, 0.25) is 0 Å². The molecule has 2 N–H and O–H groups in total. The molecule has 0 unspecified atom stereocenters. The maximum absolute atomic E-state index is 11.9. The van der Waals surface area contributed by atoms with Crippen molar-refractivity contribution in [2.75, 3.05) is 5.32 Å². The summed E-state index contributed by atoms with van der Waals surface area (Å²) in [5, 5.41) is 11.9. The van der Waals surface area contributed by atoms with Crippen molar-refractivity contribution < 1.29 is 14.7 Å². The fraction of sp³-hybridized carbons (Fsp3) is 0.0833. The standard InChI is InChI=1S/C12H10N2O3S/c1-7-3-2-6-13-10(7)11(15)14-9-5-4-8(18-9)12(16)17/h2-6H,1H3,(H,14,15)(H,16,17). The van der Waals surface area contributed by atoms with E-state index in [-0.39, 0.29) is 10.8 Å². The third-order valence-corrected chi connectivity index (χ3v) is 3.27. The average molecular weight is 262 g/mol. The van der Waals surface area contributed by atoms with Gasteiger partial charge >= 0.3 is 5.97 Å². The van der Waals surface area contributed by atoms with Gasteiger partial charge in [-0.15, -0.1) is 11.3 Å². The third kappa shape index (κ3) is 2.54. The summed E-state index contributed by atoms with van der Waals surface area (Å²) >= 11 is 1.01. The Labute approximate surface area is 107 Å². The maximum atomic E-state index is 11.9. The molecule has 6 heteroatoms. The zero-order chi connectivity index (χ0) is 13.1. The van der Waals surface area contributed by atoms with Crippen molar-refractivity contribution in [3.05, 3.63) is 46.6 Å². The summed E-state index contributed by atoms with van der Waals surface area (Å²) in [7, 11) is 0. The zero-order valence-electron chi connectivity index (χ0n) is 9.51. The Morgan fingerprint density at radius 3 is 2.72 bits per heavy atom. The number of hydrogen-bond donors (Lipinski definition) is 2. The zero-order valence-corrected chi connectivity index (χ0v) is 10.3. The Bertz CT molecular complexity index is 607. The van der Waals surface area contributed by atoms with Crippen LogP contribution in [0.2, 0.25) is 0 Å². The lowest BCUT2D eigenvalue weighted by molar-refractivity contribution is 0.0702. The maximum Gasteiger partial charge on any atom is 0.345 e. The largest absolute Gasteiger partial charge is 0.477 e. The van der Waals surface area contributed by atoms with Gasteiger partial charge in [0.25, 0.3) is 5.91 Å². The van der Waals surface area contributed by atoms with Gasteiger partial charge in [0.1, 0.15) is 10.6 Å². The lowest BCUT2D eigenvalue weighted by atomic mass is 10.2. The number of carboxylic acids is 1. The van der Waals surface area contributed by atoms with Gasteiger partial charge in [-0.25, -0.2) is 4.79 Å². The Morgan fingerprint density at radius 1 is 1.33 bits per heavy atom. The number of amides is 1. The number of aromatic carboxylic acids is 1. The molecule has 0 saturated heterocycles. The Kier molecular flexibility index (Phi) is 3.38. The monoisotopic (exact) mass is 262 g/mol. The first-order chi connectivity index (χ1) is 8.58. The van der Waals surface area contributed by atoms with Crippen molar-refractivity contribution in [2.45, 2.75) is 6.92 Å². The van der Waals surface area contributed by atoms with Gasteiger partial charge in [0, 0.05) is 6.20 Å². The molecule has 2 aromatic heterocycles. The lowest BCUT2D eigenvalue weighted by Crippen LogP contribution is -2.14. The van der Waals surface area contributed by atoms with Gasteiger partial charge in [-0.2, -0.15) is 0 Å². The van der Waals surface area contributed by atoms with E-state index in [0.29, 0.717) is 10.7 Å². The topological polar surface area (TPSA) is 79.3 Å². The third-order valence-electron chi connectivity index (χ3n) is 2.28. The van der Waals surface area contributed by atoms with Crippen LogP contribution in [0.25, 0.3) is 0 Å². The number of aromatic nitrogens is 1. The molecule has 1 amide bonds. The van der Waals surface area contributed by atoms with E-state index >= 15 is 0 Å². The predicted octanol–water partition coefficient (Wildman–Crippen LogP) is 2.40. The van der Waals surface area contributed by atoms with Gasteiger partial charge in [-0.1, -0.05) is 6.07 Å². The van der Waals surface area contributed by atoms with Crippen LogP contribution in [0.15, 0.2) is 30.5 Å². The highest BCUT2D eigenvalue weighted by molar-refractivity contribution is 7.18. The number of nitrogens with zero attached hydrogens (tertiary/aromatic N) is 1. The Balaban J connectivity index is 2.16.